The third-order valence-corrected chi connectivity index (χ3v) is 3.67. The molecule has 1 atom stereocenters. The molecular weight excluding hydrogens is 198 g/mol. The summed E-state index contributed by atoms with van der Waals surface area (Å²) in [5, 5.41) is 3.12. The number of methoxy groups -OCH3 is 1. The van der Waals surface area contributed by atoms with Crippen molar-refractivity contribution in [3.8, 4) is 0 Å². The van der Waals surface area contributed by atoms with Crippen LogP contribution in [0.15, 0.2) is 0 Å². The monoisotopic (exact) mass is 217 g/mol. The largest absolute Gasteiger partial charge is 0.385 e. The van der Waals surface area contributed by atoms with Gasteiger partial charge >= 0.3 is 0 Å². The Morgan fingerprint density at radius 2 is 2.43 bits per heavy atom. The minimum Gasteiger partial charge on any atom is -0.385 e. The summed E-state index contributed by atoms with van der Waals surface area (Å²) in [6, 6.07) is 0. The van der Waals surface area contributed by atoms with Crippen molar-refractivity contribution in [1.29, 1.82) is 0 Å². The van der Waals surface area contributed by atoms with Gasteiger partial charge in [-0.15, -0.1) is 11.8 Å². The zero-order chi connectivity index (χ0) is 10.2. The van der Waals surface area contributed by atoms with Crippen LogP contribution in [-0.4, -0.2) is 37.2 Å². The van der Waals surface area contributed by atoms with Gasteiger partial charge < -0.3 is 10.1 Å². The van der Waals surface area contributed by atoms with E-state index in [-0.39, 0.29) is 11.2 Å². The predicted octanol–water partition coefficient (Wildman–Crippen LogP) is 1.42. The summed E-state index contributed by atoms with van der Waals surface area (Å²) in [7, 11) is 1.71. The number of ether oxygens (including phenoxy) is 1. The Balaban J connectivity index is 2.16. The van der Waals surface area contributed by atoms with Crippen LogP contribution in [0.1, 0.15) is 25.7 Å². The van der Waals surface area contributed by atoms with Crippen molar-refractivity contribution in [3.63, 3.8) is 0 Å². The van der Waals surface area contributed by atoms with E-state index in [1.165, 1.54) is 6.42 Å². The van der Waals surface area contributed by atoms with E-state index in [1.807, 2.05) is 0 Å². The van der Waals surface area contributed by atoms with E-state index < -0.39 is 0 Å². The number of hydrogen-bond acceptors (Lipinski definition) is 3. The summed E-state index contributed by atoms with van der Waals surface area (Å²) in [5.41, 5.74) is 0. The maximum atomic E-state index is 11.5. The van der Waals surface area contributed by atoms with Crippen LogP contribution in [0.25, 0.3) is 0 Å². The van der Waals surface area contributed by atoms with Crippen LogP contribution < -0.4 is 5.32 Å². The Morgan fingerprint density at radius 3 is 3.21 bits per heavy atom. The Kier molecular flexibility index (Phi) is 6.03. The number of amides is 1. The fraction of sp³-hybridized carbons (Fsp3) is 0.900. The third-order valence-electron chi connectivity index (χ3n) is 2.30. The van der Waals surface area contributed by atoms with E-state index in [0.29, 0.717) is 0 Å². The van der Waals surface area contributed by atoms with Crippen molar-refractivity contribution in [2.75, 3.05) is 26.0 Å². The average Bonchev–Trinajstić information content (AvgIpc) is 2.39. The molecule has 0 unspecified atom stereocenters. The number of hydrogen-bond donors (Lipinski definition) is 1. The van der Waals surface area contributed by atoms with Gasteiger partial charge in [0.25, 0.3) is 0 Å². The first-order valence-electron chi connectivity index (χ1n) is 5.23. The van der Waals surface area contributed by atoms with Gasteiger partial charge in [0.05, 0.1) is 5.25 Å². The van der Waals surface area contributed by atoms with Gasteiger partial charge in [0.15, 0.2) is 0 Å². The second-order valence-electron chi connectivity index (χ2n) is 3.49. The Hall–Kier alpha value is -0.220. The van der Waals surface area contributed by atoms with Crippen LogP contribution in [0.4, 0.5) is 0 Å². The molecule has 0 aromatic rings. The molecule has 0 aliphatic carbocycles. The van der Waals surface area contributed by atoms with Crippen molar-refractivity contribution in [1.82, 2.24) is 5.32 Å². The second kappa shape index (κ2) is 7.12. The van der Waals surface area contributed by atoms with E-state index >= 15 is 0 Å². The highest BCUT2D eigenvalue weighted by Gasteiger charge is 2.20. The third kappa shape index (κ3) is 4.33. The van der Waals surface area contributed by atoms with Crippen molar-refractivity contribution in [2.45, 2.75) is 30.9 Å². The summed E-state index contributed by atoms with van der Waals surface area (Å²) >= 11 is 1.77. The van der Waals surface area contributed by atoms with Gasteiger partial charge in [-0.05, 0) is 25.0 Å². The molecule has 14 heavy (non-hydrogen) atoms. The van der Waals surface area contributed by atoms with Gasteiger partial charge in [-0.3, -0.25) is 4.79 Å². The fourth-order valence-corrected chi connectivity index (χ4v) is 2.64. The smallest absolute Gasteiger partial charge is 0.233 e. The summed E-state index contributed by atoms with van der Waals surface area (Å²) in [5.74, 6) is 1.25. The van der Waals surface area contributed by atoms with Gasteiger partial charge in [0.2, 0.25) is 5.91 Å². The quantitative estimate of drug-likeness (QED) is 0.708. The normalized spacial score (nSPS) is 22.9. The zero-order valence-corrected chi connectivity index (χ0v) is 9.57. The highest BCUT2D eigenvalue weighted by atomic mass is 32.2. The maximum Gasteiger partial charge on any atom is 0.233 e. The van der Waals surface area contributed by atoms with Crippen molar-refractivity contribution in [2.24, 2.45) is 0 Å². The molecule has 1 N–H and O–H groups in total. The molecule has 1 saturated heterocycles. The van der Waals surface area contributed by atoms with E-state index in [4.69, 9.17) is 4.74 Å². The first-order valence-corrected chi connectivity index (χ1v) is 6.27. The summed E-state index contributed by atoms with van der Waals surface area (Å²) < 4.78 is 4.97. The molecule has 1 amide bonds. The van der Waals surface area contributed by atoms with Crippen molar-refractivity contribution in [3.05, 3.63) is 0 Å². The molecule has 4 heteroatoms. The Bertz CT molecular complexity index is 176. The lowest BCUT2D eigenvalue weighted by Crippen LogP contribution is -2.30. The number of rotatable bonds is 5. The maximum absolute atomic E-state index is 11.5. The zero-order valence-electron chi connectivity index (χ0n) is 8.75. The van der Waals surface area contributed by atoms with E-state index in [1.54, 1.807) is 18.9 Å². The van der Waals surface area contributed by atoms with Gasteiger partial charge in [0, 0.05) is 20.3 Å². The standard InChI is InChI=1S/C10H19NO2S/c1-13-7-4-8-14-9-5-2-3-6-11-10(9)12/h9H,2-8H2,1H3,(H,11,12)/t9-/m1/s1. The van der Waals surface area contributed by atoms with Crippen LogP contribution in [0.2, 0.25) is 0 Å². The van der Waals surface area contributed by atoms with Crippen molar-refractivity contribution < 1.29 is 9.53 Å². The molecule has 0 saturated carbocycles. The van der Waals surface area contributed by atoms with Crippen LogP contribution >= 0.6 is 11.8 Å². The van der Waals surface area contributed by atoms with Crippen LogP contribution in [0.5, 0.6) is 0 Å². The van der Waals surface area contributed by atoms with E-state index in [2.05, 4.69) is 5.32 Å². The molecule has 1 rings (SSSR count). The molecule has 82 valence electrons. The molecule has 0 aromatic heterocycles. The van der Waals surface area contributed by atoms with Crippen LogP contribution in [0, 0.1) is 0 Å². The molecule has 1 aliphatic rings. The lowest BCUT2D eigenvalue weighted by molar-refractivity contribution is -0.120. The van der Waals surface area contributed by atoms with Crippen molar-refractivity contribution >= 4 is 17.7 Å². The number of carbonyl (C=O) groups is 1. The van der Waals surface area contributed by atoms with Gasteiger partial charge in [-0.25, -0.2) is 0 Å². The first-order chi connectivity index (χ1) is 6.84. The molecule has 0 aromatic carbocycles. The first kappa shape index (κ1) is 11.9. The van der Waals surface area contributed by atoms with E-state index in [9.17, 15) is 4.79 Å². The molecule has 1 fully saturated rings. The van der Waals surface area contributed by atoms with Gasteiger partial charge in [-0.1, -0.05) is 6.42 Å². The lowest BCUT2D eigenvalue weighted by atomic mass is 10.2. The molecule has 1 aliphatic heterocycles. The average molecular weight is 217 g/mol. The fourth-order valence-electron chi connectivity index (χ4n) is 1.50. The summed E-state index contributed by atoms with van der Waals surface area (Å²) in [6.07, 6.45) is 4.36. The molecule has 1 heterocycles. The molecule has 3 nitrogen and oxygen atoms in total. The minimum atomic E-state index is 0.175. The molecule has 0 spiro atoms. The number of nitrogens with one attached hydrogen (secondary N) is 1. The van der Waals surface area contributed by atoms with Gasteiger partial charge in [0.1, 0.15) is 0 Å². The highest BCUT2D eigenvalue weighted by Crippen LogP contribution is 2.20. The molecule has 0 radical (unpaired) electrons. The minimum absolute atomic E-state index is 0.175. The number of carbonyl (C=O) groups excluding carboxylic acids is 1. The topological polar surface area (TPSA) is 38.3 Å². The van der Waals surface area contributed by atoms with Gasteiger partial charge in [-0.2, -0.15) is 0 Å². The molecule has 0 bridgehead atoms. The summed E-state index contributed by atoms with van der Waals surface area (Å²) in [4.78, 5) is 11.5. The predicted molar refractivity (Wildman–Crippen MR) is 59.6 cm³/mol. The molecular formula is C10H19NO2S. The Labute approximate surface area is 90.0 Å². The lowest BCUT2D eigenvalue weighted by Gasteiger charge is -2.11. The second-order valence-corrected chi connectivity index (χ2v) is 4.80. The highest BCUT2D eigenvalue weighted by molar-refractivity contribution is 8.00. The SMILES string of the molecule is COCCCS[C@@H]1CCCCNC1=O. The summed E-state index contributed by atoms with van der Waals surface area (Å²) in [6.45, 7) is 1.65. The Morgan fingerprint density at radius 1 is 1.57 bits per heavy atom. The van der Waals surface area contributed by atoms with Crippen LogP contribution in [-0.2, 0) is 9.53 Å². The number of thioether (sulfide) groups is 1. The van der Waals surface area contributed by atoms with Crippen LogP contribution in [0.3, 0.4) is 0 Å². The van der Waals surface area contributed by atoms with E-state index in [0.717, 1.165) is 38.2 Å².